The van der Waals surface area contributed by atoms with Gasteiger partial charge in [-0.1, -0.05) is 24.3 Å². The van der Waals surface area contributed by atoms with Crippen molar-refractivity contribution in [2.75, 3.05) is 0 Å². The summed E-state index contributed by atoms with van der Waals surface area (Å²) in [6.07, 6.45) is -1.30. The molecule has 0 fully saturated rings. The molecule has 1 heterocycles. The van der Waals surface area contributed by atoms with Crippen LogP contribution in [0.3, 0.4) is 0 Å². The molecule has 0 saturated heterocycles. The van der Waals surface area contributed by atoms with Crippen LogP contribution in [0.25, 0.3) is 0 Å². The first-order chi connectivity index (χ1) is 9.96. The number of benzene rings is 1. The molecular formula is C15H15F3N2O. The maximum atomic E-state index is 12.3. The van der Waals surface area contributed by atoms with Crippen LogP contribution in [0.5, 0.6) is 5.75 Å². The van der Waals surface area contributed by atoms with Gasteiger partial charge in [0, 0.05) is 30.5 Å². The lowest BCUT2D eigenvalue weighted by Crippen LogP contribution is -2.21. The third kappa shape index (κ3) is 4.75. The molecule has 112 valence electrons. The molecule has 0 spiro atoms. The third-order valence-corrected chi connectivity index (χ3v) is 2.98. The Morgan fingerprint density at radius 2 is 1.95 bits per heavy atom. The van der Waals surface area contributed by atoms with Crippen molar-refractivity contribution >= 4 is 0 Å². The monoisotopic (exact) mass is 296 g/mol. The van der Waals surface area contributed by atoms with Gasteiger partial charge in [-0.3, -0.25) is 4.98 Å². The molecule has 2 rings (SSSR count). The van der Waals surface area contributed by atoms with E-state index < -0.39 is 6.36 Å². The van der Waals surface area contributed by atoms with E-state index in [4.69, 9.17) is 0 Å². The number of rotatable bonds is 5. The minimum Gasteiger partial charge on any atom is -0.405 e. The maximum absolute atomic E-state index is 12.3. The summed E-state index contributed by atoms with van der Waals surface area (Å²) in [7, 11) is 0. The Hall–Kier alpha value is -2.08. The molecule has 0 bridgehead atoms. The summed E-state index contributed by atoms with van der Waals surface area (Å²) >= 11 is 0. The van der Waals surface area contributed by atoms with Gasteiger partial charge in [0.1, 0.15) is 5.75 Å². The Kier molecular flexibility index (Phi) is 4.80. The van der Waals surface area contributed by atoms with Crippen molar-refractivity contribution in [2.45, 2.75) is 25.9 Å². The fourth-order valence-electron chi connectivity index (χ4n) is 1.89. The van der Waals surface area contributed by atoms with Gasteiger partial charge in [0.15, 0.2) is 0 Å². The predicted molar refractivity (Wildman–Crippen MR) is 72.6 cm³/mol. The standard InChI is InChI=1S/C15H15F3N2O/c1-11(12-6-4-8-19-9-12)20-10-13-5-2-3-7-14(13)21-15(16,17)18/h2-9,11,20H,10H2,1H3. The number of nitrogens with zero attached hydrogens (tertiary/aromatic N) is 1. The quantitative estimate of drug-likeness (QED) is 0.910. The molecule has 1 aromatic carbocycles. The van der Waals surface area contributed by atoms with Crippen LogP contribution >= 0.6 is 0 Å². The lowest BCUT2D eigenvalue weighted by atomic mass is 10.1. The average molecular weight is 296 g/mol. The van der Waals surface area contributed by atoms with Gasteiger partial charge in [0.25, 0.3) is 0 Å². The number of hydrogen-bond acceptors (Lipinski definition) is 3. The number of aromatic nitrogens is 1. The Bertz CT molecular complexity index is 573. The first-order valence-corrected chi connectivity index (χ1v) is 6.42. The van der Waals surface area contributed by atoms with Crippen molar-refractivity contribution in [3.05, 3.63) is 59.9 Å². The van der Waals surface area contributed by atoms with E-state index >= 15 is 0 Å². The van der Waals surface area contributed by atoms with Crippen LogP contribution in [0.2, 0.25) is 0 Å². The number of alkyl halides is 3. The van der Waals surface area contributed by atoms with Gasteiger partial charge in [-0.15, -0.1) is 13.2 Å². The molecule has 1 atom stereocenters. The fraction of sp³-hybridized carbons (Fsp3) is 0.267. The number of ether oxygens (including phenoxy) is 1. The minimum atomic E-state index is -4.69. The van der Waals surface area contributed by atoms with Gasteiger partial charge in [0.05, 0.1) is 0 Å². The Morgan fingerprint density at radius 1 is 1.19 bits per heavy atom. The van der Waals surface area contributed by atoms with E-state index in [1.54, 1.807) is 24.5 Å². The lowest BCUT2D eigenvalue weighted by Gasteiger charge is -2.17. The van der Waals surface area contributed by atoms with E-state index in [1.807, 2.05) is 19.1 Å². The van der Waals surface area contributed by atoms with Gasteiger partial charge in [-0.25, -0.2) is 0 Å². The number of hydrogen-bond donors (Lipinski definition) is 1. The van der Waals surface area contributed by atoms with Crippen LogP contribution in [0.1, 0.15) is 24.1 Å². The fourth-order valence-corrected chi connectivity index (χ4v) is 1.89. The van der Waals surface area contributed by atoms with E-state index in [1.165, 1.54) is 12.1 Å². The Balaban J connectivity index is 2.03. The van der Waals surface area contributed by atoms with Gasteiger partial charge < -0.3 is 10.1 Å². The molecular weight excluding hydrogens is 281 g/mol. The summed E-state index contributed by atoms with van der Waals surface area (Å²) in [4.78, 5) is 4.01. The highest BCUT2D eigenvalue weighted by atomic mass is 19.4. The van der Waals surface area contributed by atoms with Crippen molar-refractivity contribution in [3.63, 3.8) is 0 Å². The minimum absolute atomic E-state index is 0.0300. The molecule has 0 aliphatic rings. The highest BCUT2D eigenvalue weighted by molar-refractivity contribution is 5.33. The molecule has 2 aromatic rings. The zero-order chi connectivity index (χ0) is 15.3. The van der Waals surface area contributed by atoms with Crippen molar-refractivity contribution in [3.8, 4) is 5.75 Å². The second kappa shape index (κ2) is 6.58. The molecule has 21 heavy (non-hydrogen) atoms. The summed E-state index contributed by atoms with van der Waals surface area (Å²) < 4.78 is 41.0. The molecule has 0 saturated carbocycles. The second-order valence-electron chi connectivity index (χ2n) is 4.54. The first-order valence-electron chi connectivity index (χ1n) is 6.42. The van der Waals surface area contributed by atoms with Crippen LogP contribution in [0.4, 0.5) is 13.2 Å². The number of para-hydroxylation sites is 1. The summed E-state index contributed by atoms with van der Waals surface area (Å²) in [5.74, 6) is -0.184. The van der Waals surface area contributed by atoms with Crippen LogP contribution in [0, 0.1) is 0 Å². The van der Waals surface area contributed by atoms with Gasteiger partial charge in [-0.05, 0) is 24.6 Å². The molecule has 6 heteroatoms. The zero-order valence-corrected chi connectivity index (χ0v) is 11.4. The summed E-state index contributed by atoms with van der Waals surface area (Å²) in [5.41, 5.74) is 1.41. The maximum Gasteiger partial charge on any atom is 0.573 e. The Morgan fingerprint density at radius 3 is 2.62 bits per heavy atom. The SMILES string of the molecule is CC(NCc1ccccc1OC(F)(F)F)c1cccnc1. The Labute approximate surface area is 120 Å². The van der Waals surface area contributed by atoms with E-state index in [0.29, 0.717) is 5.56 Å². The molecule has 0 aliphatic carbocycles. The molecule has 0 radical (unpaired) electrons. The molecule has 0 aliphatic heterocycles. The summed E-state index contributed by atoms with van der Waals surface area (Å²) in [6.45, 7) is 2.19. The van der Waals surface area contributed by atoms with Crippen molar-refractivity contribution in [2.24, 2.45) is 0 Å². The highest BCUT2D eigenvalue weighted by Gasteiger charge is 2.31. The largest absolute Gasteiger partial charge is 0.573 e. The predicted octanol–water partition coefficient (Wildman–Crippen LogP) is 3.83. The number of nitrogens with one attached hydrogen (secondary N) is 1. The smallest absolute Gasteiger partial charge is 0.405 e. The zero-order valence-electron chi connectivity index (χ0n) is 11.4. The van der Waals surface area contributed by atoms with E-state index in [2.05, 4.69) is 15.0 Å². The van der Waals surface area contributed by atoms with Gasteiger partial charge >= 0.3 is 6.36 Å². The van der Waals surface area contributed by atoms with Gasteiger partial charge in [0.2, 0.25) is 0 Å². The van der Waals surface area contributed by atoms with Crippen LogP contribution < -0.4 is 10.1 Å². The van der Waals surface area contributed by atoms with Crippen LogP contribution in [0.15, 0.2) is 48.8 Å². The third-order valence-electron chi connectivity index (χ3n) is 2.98. The lowest BCUT2D eigenvalue weighted by molar-refractivity contribution is -0.274. The first kappa shape index (κ1) is 15.3. The van der Waals surface area contributed by atoms with Crippen molar-refractivity contribution in [1.82, 2.24) is 10.3 Å². The second-order valence-corrected chi connectivity index (χ2v) is 4.54. The van der Waals surface area contributed by atoms with Crippen molar-refractivity contribution in [1.29, 1.82) is 0 Å². The molecule has 1 aromatic heterocycles. The number of pyridine rings is 1. The van der Waals surface area contributed by atoms with Crippen molar-refractivity contribution < 1.29 is 17.9 Å². The van der Waals surface area contributed by atoms with E-state index in [-0.39, 0.29) is 18.3 Å². The normalized spacial score (nSPS) is 13.0. The van der Waals surface area contributed by atoms with Crippen LogP contribution in [-0.2, 0) is 6.54 Å². The topological polar surface area (TPSA) is 34.1 Å². The average Bonchev–Trinajstić information content (AvgIpc) is 2.45. The summed E-state index contributed by atoms with van der Waals surface area (Å²) in [6, 6.07) is 9.78. The van der Waals surface area contributed by atoms with E-state index in [0.717, 1.165) is 5.56 Å². The van der Waals surface area contributed by atoms with E-state index in [9.17, 15) is 13.2 Å². The summed E-state index contributed by atoms with van der Waals surface area (Å²) in [5, 5.41) is 3.15. The molecule has 0 amide bonds. The molecule has 1 N–H and O–H groups in total. The highest BCUT2D eigenvalue weighted by Crippen LogP contribution is 2.26. The molecule has 1 unspecified atom stereocenters. The van der Waals surface area contributed by atoms with Crippen LogP contribution in [-0.4, -0.2) is 11.3 Å². The molecule has 3 nitrogen and oxygen atoms in total. The van der Waals surface area contributed by atoms with Gasteiger partial charge in [-0.2, -0.15) is 0 Å². The number of halogens is 3.